The van der Waals surface area contributed by atoms with Crippen LogP contribution in [0.4, 0.5) is 11.4 Å². The van der Waals surface area contributed by atoms with E-state index >= 15 is 0 Å². The molecule has 3 rings (SSSR count). The minimum atomic E-state index is -0.333. The molecule has 1 N–H and O–H groups in total. The Labute approximate surface area is 162 Å². The highest BCUT2D eigenvalue weighted by atomic mass is 79.9. The largest absolute Gasteiger partial charge is 0.326 e. The molecule has 2 amide bonds. The van der Waals surface area contributed by atoms with Crippen LogP contribution in [0.1, 0.15) is 31.4 Å². The van der Waals surface area contributed by atoms with Crippen LogP contribution in [0.25, 0.3) is 0 Å². The molecule has 2 aromatic rings. The first kappa shape index (κ1) is 18.6. The van der Waals surface area contributed by atoms with E-state index in [-0.39, 0.29) is 24.2 Å². The molecule has 0 spiro atoms. The van der Waals surface area contributed by atoms with Gasteiger partial charge in [0.05, 0.1) is 5.92 Å². The maximum atomic E-state index is 12.7. The van der Waals surface area contributed by atoms with Gasteiger partial charge in [0.1, 0.15) is 0 Å². The van der Waals surface area contributed by atoms with Crippen molar-refractivity contribution >= 4 is 39.1 Å². The molecule has 1 heterocycles. The highest BCUT2D eigenvalue weighted by Gasteiger charge is 2.36. The molecule has 2 aromatic carbocycles. The quantitative estimate of drug-likeness (QED) is 0.778. The Hall–Kier alpha value is -2.14. The SMILES string of the molecule is CCc1cccc(CC)c1N1C[C@@H](C(=O)Nc2ccc(Br)cc2)CC1=O. The Balaban J connectivity index is 1.79. The zero-order valence-corrected chi connectivity index (χ0v) is 16.7. The van der Waals surface area contributed by atoms with E-state index in [1.54, 1.807) is 0 Å². The van der Waals surface area contributed by atoms with Gasteiger partial charge in [0, 0.05) is 28.8 Å². The number of para-hydroxylation sites is 1. The Bertz CT molecular complexity index is 795. The van der Waals surface area contributed by atoms with Crippen molar-refractivity contribution in [1.29, 1.82) is 0 Å². The second kappa shape index (κ2) is 8.04. The average Bonchev–Trinajstić information content (AvgIpc) is 3.04. The summed E-state index contributed by atoms with van der Waals surface area (Å²) in [5.74, 6) is -0.410. The predicted octanol–water partition coefficient (Wildman–Crippen LogP) is 4.57. The lowest BCUT2D eigenvalue weighted by Gasteiger charge is -2.23. The number of halogens is 1. The minimum absolute atomic E-state index is 0.0246. The second-order valence-corrected chi connectivity index (χ2v) is 7.45. The summed E-state index contributed by atoms with van der Waals surface area (Å²) in [7, 11) is 0. The molecule has 1 aliphatic heterocycles. The van der Waals surface area contributed by atoms with Gasteiger partial charge in [0.2, 0.25) is 11.8 Å². The Kier molecular flexibility index (Phi) is 5.77. The number of aryl methyl sites for hydroxylation is 2. The summed E-state index contributed by atoms with van der Waals surface area (Å²) in [6, 6.07) is 13.6. The molecule has 0 unspecified atom stereocenters. The van der Waals surface area contributed by atoms with Gasteiger partial charge in [-0.2, -0.15) is 0 Å². The number of hydrogen-bond donors (Lipinski definition) is 1. The normalized spacial score (nSPS) is 16.8. The predicted molar refractivity (Wildman–Crippen MR) is 108 cm³/mol. The van der Waals surface area contributed by atoms with Gasteiger partial charge in [-0.05, 0) is 48.2 Å². The van der Waals surface area contributed by atoms with Crippen molar-refractivity contribution in [3.63, 3.8) is 0 Å². The summed E-state index contributed by atoms with van der Waals surface area (Å²) >= 11 is 3.38. The Morgan fingerprint density at radius 3 is 2.31 bits per heavy atom. The summed E-state index contributed by atoms with van der Waals surface area (Å²) in [6.45, 7) is 4.62. The van der Waals surface area contributed by atoms with Crippen LogP contribution in [0.5, 0.6) is 0 Å². The first-order valence-electron chi connectivity index (χ1n) is 9.01. The van der Waals surface area contributed by atoms with Crippen molar-refractivity contribution in [3.05, 3.63) is 58.1 Å². The first-order valence-corrected chi connectivity index (χ1v) is 9.80. The van der Waals surface area contributed by atoms with Gasteiger partial charge in [-0.25, -0.2) is 0 Å². The molecule has 0 bridgehead atoms. The number of nitrogens with zero attached hydrogens (tertiary/aromatic N) is 1. The van der Waals surface area contributed by atoms with E-state index in [9.17, 15) is 9.59 Å². The van der Waals surface area contributed by atoms with E-state index in [0.717, 1.165) is 39.8 Å². The summed E-state index contributed by atoms with van der Waals surface area (Å²) in [5.41, 5.74) is 4.06. The van der Waals surface area contributed by atoms with Gasteiger partial charge in [0.15, 0.2) is 0 Å². The topological polar surface area (TPSA) is 49.4 Å². The Morgan fingerprint density at radius 1 is 1.12 bits per heavy atom. The highest BCUT2D eigenvalue weighted by Crippen LogP contribution is 2.32. The van der Waals surface area contributed by atoms with Crippen LogP contribution in [0.3, 0.4) is 0 Å². The van der Waals surface area contributed by atoms with Crippen molar-refractivity contribution in [3.8, 4) is 0 Å². The lowest BCUT2D eigenvalue weighted by Crippen LogP contribution is -2.29. The molecule has 1 aliphatic rings. The fourth-order valence-corrected chi connectivity index (χ4v) is 3.70. The summed E-state index contributed by atoms with van der Waals surface area (Å²) in [6.07, 6.45) is 1.98. The van der Waals surface area contributed by atoms with Crippen LogP contribution in [-0.2, 0) is 22.4 Å². The fraction of sp³-hybridized carbons (Fsp3) is 0.333. The molecule has 5 heteroatoms. The van der Waals surface area contributed by atoms with E-state index in [0.29, 0.717) is 6.54 Å². The molecular weight excluding hydrogens is 392 g/mol. The van der Waals surface area contributed by atoms with Crippen LogP contribution in [0, 0.1) is 5.92 Å². The smallest absolute Gasteiger partial charge is 0.229 e. The van der Waals surface area contributed by atoms with Crippen molar-refractivity contribution in [2.24, 2.45) is 5.92 Å². The molecule has 1 saturated heterocycles. The van der Waals surface area contributed by atoms with Gasteiger partial charge in [-0.1, -0.05) is 48.0 Å². The summed E-state index contributed by atoms with van der Waals surface area (Å²) < 4.78 is 0.959. The molecule has 0 saturated carbocycles. The molecule has 0 aliphatic carbocycles. The third-order valence-electron chi connectivity index (χ3n) is 4.84. The standard InChI is InChI=1S/C21H23BrN2O2/c1-3-14-6-5-7-15(4-2)20(14)24-13-16(12-19(24)25)21(26)23-18-10-8-17(22)9-11-18/h5-11,16H,3-4,12-13H2,1-2H3,(H,23,26)/t16-/m0/s1. The van der Waals surface area contributed by atoms with Gasteiger partial charge in [-0.15, -0.1) is 0 Å². The van der Waals surface area contributed by atoms with Crippen LogP contribution < -0.4 is 10.2 Å². The number of carbonyl (C=O) groups is 2. The number of carbonyl (C=O) groups excluding carboxylic acids is 2. The number of benzene rings is 2. The number of anilines is 2. The second-order valence-electron chi connectivity index (χ2n) is 6.53. The van der Waals surface area contributed by atoms with E-state index in [4.69, 9.17) is 0 Å². The fourth-order valence-electron chi connectivity index (χ4n) is 3.44. The summed E-state index contributed by atoms with van der Waals surface area (Å²) in [4.78, 5) is 27.1. The van der Waals surface area contributed by atoms with E-state index < -0.39 is 0 Å². The van der Waals surface area contributed by atoms with Gasteiger partial charge in [0.25, 0.3) is 0 Å². The van der Waals surface area contributed by atoms with Crippen molar-refractivity contribution < 1.29 is 9.59 Å². The summed E-state index contributed by atoms with van der Waals surface area (Å²) in [5, 5.41) is 2.92. The molecule has 0 radical (unpaired) electrons. The number of hydrogen-bond acceptors (Lipinski definition) is 2. The average molecular weight is 415 g/mol. The zero-order chi connectivity index (χ0) is 18.7. The molecule has 4 nitrogen and oxygen atoms in total. The van der Waals surface area contributed by atoms with Gasteiger partial charge in [-0.3, -0.25) is 9.59 Å². The third kappa shape index (κ3) is 3.83. The first-order chi connectivity index (χ1) is 12.5. The highest BCUT2D eigenvalue weighted by molar-refractivity contribution is 9.10. The monoisotopic (exact) mass is 414 g/mol. The third-order valence-corrected chi connectivity index (χ3v) is 5.37. The lowest BCUT2D eigenvalue weighted by atomic mass is 10.0. The van der Waals surface area contributed by atoms with Crippen LogP contribution in [-0.4, -0.2) is 18.4 Å². The van der Waals surface area contributed by atoms with E-state index in [1.165, 1.54) is 0 Å². The van der Waals surface area contributed by atoms with Crippen LogP contribution >= 0.6 is 15.9 Å². The number of rotatable bonds is 5. The maximum Gasteiger partial charge on any atom is 0.229 e. The molecule has 26 heavy (non-hydrogen) atoms. The van der Waals surface area contributed by atoms with Crippen LogP contribution in [0.15, 0.2) is 46.9 Å². The van der Waals surface area contributed by atoms with E-state index in [1.807, 2.05) is 35.2 Å². The number of nitrogens with one attached hydrogen (secondary N) is 1. The number of amides is 2. The zero-order valence-electron chi connectivity index (χ0n) is 15.1. The van der Waals surface area contributed by atoms with Gasteiger partial charge < -0.3 is 10.2 Å². The molecular formula is C21H23BrN2O2. The van der Waals surface area contributed by atoms with Crippen molar-refractivity contribution in [2.45, 2.75) is 33.1 Å². The molecule has 136 valence electrons. The van der Waals surface area contributed by atoms with Gasteiger partial charge >= 0.3 is 0 Å². The minimum Gasteiger partial charge on any atom is -0.326 e. The lowest BCUT2D eigenvalue weighted by molar-refractivity contribution is -0.122. The van der Waals surface area contributed by atoms with Crippen molar-refractivity contribution in [1.82, 2.24) is 0 Å². The maximum absolute atomic E-state index is 12.7. The van der Waals surface area contributed by atoms with Crippen LogP contribution in [0.2, 0.25) is 0 Å². The Morgan fingerprint density at radius 2 is 1.73 bits per heavy atom. The molecule has 0 aromatic heterocycles. The van der Waals surface area contributed by atoms with E-state index in [2.05, 4.69) is 47.2 Å². The molecule has 1 fully saturated rings. The van der Waals surface area contributed by atoms with Crippen molar-refractivity contribution in [2.75, 3.05) is 16.8 Å². The molecule has 1 atom stereocenters.